The third-order valence-electron chi connectivity index (χ3n) is 4.74. The van der Waals surface area contributed by atoms with Crippen molar-refractivity contribution in [3.63, 3.8) is 0 Å². The molecule has 7 heteroatoms. The molecule has 0 fully saturated rings. The van der Waals surface area contributed by atoms with Crippen LogP contribution in [0.2, 0.25) is 0 Å². The van der Waals surface area contributed by atoms with E-state index < -0.39 is 0 Å². The smallest absolute Gasteiger partial charge is 0.272 e. The Morgan fingerprint density at radius 3 is 2.72 bits per heavy atom. The van der Waals surface area contributed by atoms with E-state index in [-0.39, 0.29) is 5.56 Å². The summed E-state index contributed by atoms with van der Waals surface area (Å²) in [4.78, 5) is 18.9. The van der Waals surface area contributed by atoms with E-state index in [0.29, 0.717) is 16.7 Å². The zero-order valence-electron chi connectivity index (χ0n) is 16.6. The van der Waals surface area contributed by atoms with Gasteiger partial charge in [0.05, 0.1) is 30.5 Å². The molecule has 29 heavy (non-hydrogen) atoms. The van der Waals surface area contributed by atoms with Crippen LogP contribution in [-0.4, -0.2) is 29.5 Å². The van der Waals surface area contributed by atoms with E-state index in [1.807, 2.05) is 18.2 Å². The summed E-state index contributed by atoms with van der Waals surface area (Å²) in [6, 6.07) is 13.9. The van der Waals surface area contributed by atoms with Gasteiger partial charge in [0.2, 0.25) is 0 Å². The molecule has 2 aromatic carbocycles. The van der Waals surface area contributed by atoms with E-state index in [0.717, 1.165) is 34.2 Å². The van der Waals surface area contributed by atoms with Gasteiger partial charge in [-0.15, -0.1) is 11.8 Å². The lowest BCUT2D eigenvalue weighted by molar-refractivity contribution is 0.354. The van der Waals surface area contributed by atoms with Gasteiger partial charge < -0.3 is 9.47 Å². The highest BCUT2D eigenvalue weighted by atomic mass is 32.2. The molecule has 0 N–H and O–H groups in total. The fraction of sp³-hybridized carbons (Fsp3) is 0.273. The van der Waals surface area contributed by atoms with Gasteiger partial charge in [0.1, 0.15) is 0 Å². The largest absolute Gasteiger partial charge is 0.493 e. The summed E-state index contributed by atoms with van der Waals surface area (Å²) in [6.45, 7) is 2.08. The van der Waals surface area contributed by atoms with Gasteiger partial charge in [0.25, 0.3) is 5.56 Å². The Labute approximate surface area is 178 Å². The third kappa shape index (κ3) is 4.02. The molecule has 1 aliphatic rings. The van der Waals surface area contributed by atoms with Gasteiger partial charge in [0.15, 0.2) is 16.7 Å². The van der Waals surface area contributed by atoms with Crippen LogP contribution >= 0.6 is 23.5 Å². The molecular formula is C22H22N2O3S2. The standard InChI is InChI=1S/C22H22N2O3S2/c1-14-5-4-6-15(11-14)13-29-22-23-17-9-10-28-20(17)21(25)24(22)16-7-8-18(26-2)19(12-16)27-3/h4-8,11-12H,9-10,13H2,1-3H3. The first kappa shape index (κ1) is 19.9. The lowest BCUT2D eigenvalue weighted by Gasteiger charge is -2.16. The predicted octanol–water partition coefficient (Wildman–Crippen LogP) is 4.50. The van der Waals surface area contributed by atoms with E-state index in [2.05, 4.69) is 31.2 Å². The molecule has 0 unspecified atom stereocenters. The Balaban J connectivity index is 1.79. The fourth-order valence-electron chi connectivity index (χ4n) is 3.33. The number of thioether (sulfide) groups is 2. The summed E-state index contributed by atoms with van der Waals surface area (Å²) in [6.07, 6.45) is 0.833. The number of aryl methyl sites for hydroxylation is 2. The summed E-state index contributed by atoms with van der Waals surface area (Å²) in [5.74, 6) is 2.85. The SMILES string of the molecule is COc1ccc(-n2c(SCc3cccc(C)c3)nc3c(c2=O)SCC3)cc1OC. The Morgan fingerprint density at radius 2 is 1.97 bits per heavy atom. The highest BCUT2D eigenvalue weighted by Crippen LogP contribution is 2.33. The van der Waals surface area contributed by atoms with Gasteiger partial charge in [-0.05, 0) is 24.6 Å². The van der Waals surface area contributed by atoms with E-state index in [9.17, 15) is 4.79 Å². The second-order valence-electron chi connectivity index (χ2n) is 6.73. The Morgan fingerprint density at radius 1 is 1.14 bits per heavy atom. The van der Waals surface area contributed by atoms with Crippen molar-refractivity contribution in [2.45, 2.75) is 29.1 Å². The Bertz CT molecular complexity index is 1110. The van der Waals surface area contributed by atoms with Crippen molar-refractivity contribution in [2.75, 3.05) is 20.0 Å². The molecule has 0 spiro atoms. The van der Waals surface area contributed by atoms with Crippen LogP contribution in [0.25, 0.3) is 5.69 Å². The maximum Gasteiger partial charge on any atom is 0.272 e. The Hall–Kier alpha value is -2.38. The van der Waals surface area contributed by atoms with Crippen LogP contribution in [0.3, 0.4) is 0 Å². The predicted molar refractivity (Wildman–Crippen MR) is 118 cm³/mol. The van der Waals surface area contributed by atoms with Crippen molar-refractivity contribution >= 4 is 23.5 Å². The molecule has 1 aliphatic heterocycles. The molecule has 150 valence electrons. The number of benzene rings is 2. The second kappa shape index (κ2) is 8.55. The zero-order chi connectivity index (χ0) is 20.4. The maximum atomic E-state index is 13.3. The van der Waals surface area contributed by atoms with E-state index in [1.54, 1.807) is 42.3 Å². The van der Waals surface area contributed by atoms with Crippen LogP contribution in [0.5, 0.6) is 11.5 Å². The summed E-state index contributed by atoms with van der Waals surface area (Å²) < 4.78 is 12.5. The lowest BCUT2D eigenvalue weighted by Crippen LogP contribution is -2.23. The quantitative estimate of drug-likeness (QED) is 0.427. The number of aromatic nitrogens is 2. The molecule has 2 heterocycles. The van der Waals surface area contributed by atoms with Gasteiger partial charge in [-0.1, -0.05) is 41.6 Å². The lowest BCUT2D eigenvalue weighted by atomic mass is 10.2. The van der Waals surface area contributed by atoms with Crippen molar-refractivity contribution in [2.24, 2.45) is 0 Å². The molecule has 0 radical (unpaired) electrons. The zero-order valence-corrected chi connectivity index (χ0v) is 18.2. The third-order valence-corrected chi connectivity index (χ3v) is 6.86. The van der Waals surface area contributed by atoms with Gasteiger partial charge in [-0.3, -0.25) is 9.36 Å². The summed E-state index contributed by atoms with van der Waals surface area (Å²) >= 11 is 3.16. The number of hydrogen-bond donors (Lipinski definition) is 0. The molecule has 0 saturated heterocycles. The summed E-state index contributed by atoms with van der Waals surface area (Å²) in [5, 5.41) is 0.699. The molecule has 0 aliphatic carbocycles. The molecule has 5 nitrogen and oxygen atoms in total. The molecule has 0 amide bonds. The number of fused-ring (bicyclic) bond motifs is 1. The van der Waals surface area contributed by atoms with Gasteiger partial charge >= 0.3 is 0 Å². The average molecular weight is 427 g/mol. The van der Waals surface area contributed by atoms with Crippen molar-refractivity contribution < 1.29 is 9.47 Å². The first-order valence-electron chi connectivity index (χ1n) is 9.30. The first-order chi connectivity index (χ1) is 14.1. The average Bonchev–Trinajstić information content (AvgIpc) is 3.21. The molecule has 0 bridgehead atoms. The monoisotopic (exact) mass is 426 g/mol. The van der Waals surface area contributed by atoms with Crippen molar-refractivity contribution in [1.82, 2.24) is 9.55 Å². The summed E-state index contributed by atoms with van der Waals surface area (Å²) in [5.41, 5.74) is 4.04. The van der Waals surface area contributed by atoms with Gasteiger partial charge in [0, 0.05) is 24.0 Å². The normalized spacial score (nSPS) is 12.7. The van der Waals surface area contributed by atoms with E-state index in [1.165, 1.54) is 11.1 Å². The van der Waals surface area contributed by atoms with Gasteiger partial charge in [-0.25, -0.2) is 4.98 Å². The first-order valence-corrected chi connectivity index (χ1v) is 11.3. The van der Waals surface area contributed by atoms with E-state index >= 15 is 0 Å². The topological polar surface area (TPSA) is 53.4 Å². The molecule has 4 rings (SSSR count). The Kier molecular flexibility index (Phi) is 5.87. The van der Waals surface area contributed by atoms with Crippen LogP contribution in [0, 0.1) is 6.92 Å². The van der Waals surface area contributed by atoms with E-state index in [4.69, 9.17) is 14.5 Å². The number of hydrogen-bond acceptors (Lipinski definition) is 6. The minimum atomic E-state index is -0.0172. The minimum absolute atomic E-state index is 0.0172. The molecular weight excluding hydrogens is 404 g/mol. The number of nitrogens with zero attached hydrogens (tertiary/aromatic N) is 2. The highest BCUT2D eigenvalue weighted by molar-refractivity contribution is 7.99. The number of methoxy groups -OCH3 is 2. The molecule has 3 aromatic rings. The van der Waals surface area contributed by atoms with Crippen LogP contribution < -0.4 is 15.0 Å². The second-order valence-corrected chi connectivity index (χ2v) is 8.77. The van der Waals surface area contributed by atoms with Crippen LogP contribution in [0.15, 0.2) is 57.3 Å². The fourth-order valence-corrected chi connectivity index (χ4v) is 5.33. The molecule has 0 saturated carbocycles. The van der Waals surface area contributed by atoms with Crippen molar-refractivity contribution in [1.29, 1.82) is 0 Å². The van der Waals surface area contributed by atoms with Gasteiger partial charge in [-0.2, -0.15) is 0 Å². The van der Waals surface area contributed by atoms with Crippen LogP contribution in [0.4, 0.5) is 0 Å². The minimum Gasteiger partial charge on any atom is -0.493 e. The summed E-state index contributed by atoms with van der Waals surface area (Å²) in [7, 11) is 3.19. The maximum absolute atomic E-state index is 13.3. The molecule has 1 aromatic heterocycles. The molecule has 0 atom stereocenters. The van der Waals surface area contributed by atoms with Crippen LogP contribution in [-0.2, 0) is 12.2 Å². The van der Waals surface area contributed by atoms with Crippen molar-refractivity contribution in [3.05, 3.63) is 69.6 Å². The highest BCUT2D eigenvalue weighted by Gasteiger charge is 2.23. The van der Waals surface area contributed by atoms with Crippen molar-refractivity contribution in [3.8, 4) is 17.2 Å². The van der Waals surface area contributed by atoms with Crippen LogP contribution in [0.1, 0.15) is 16.8 Å². The number of ether oxygens (including phenoxy) is 2. The number of rotatable bonds is 6.